The summed E-state index contributed by atoms with van der Waals surface area (Å²) in [5.74, 6) is -0.847. The molecule has 0 spiro atoms. The molecule has 6 nitrogen and oxygen atoms in total. The lowest BCUT2D eigenvalue weighted by Crippen LogP contribution is -2.14. The second-order valence-electron chi connectivity index (χ2n) is 20.4. The summed E-state index contributed by atoms with van der Waals surface area (Å²) in [6, 6.07) is 66.7. The maximum atomic E-state index is 13.1. The van der Waals surface area contributed by atoms with Gasteiger partial charge in [-0.1, -0.05) is 170 Å². The number of allylic oxidation sites excluding steroid dienone is 2. The molecule has 10 aromatic carbocycles. The van der Waals surface area contributed by atoms with E-state index in [1.165, 1.54) is 71.6 Å². The SMILES string of the molecule is Brc1ccc(Br)c2nc3c(nc12)-c1ccccc1C(=C1CCCc2ccc4ccccc4c21)c1ccccc1-3.Nc1c(Br)ccc(Br)c1N.O=C1C(=O)c2ccccc2C(=C2CCCc3ccc4ccccc4c32)c2ccccc21. The quantitative estimate of drug-likeness (QED) is 0.116. The van der Waals surface area contributed by atoms with Gasteiger partial charge in [0, 0.05) is 40.1 Å². The number of ketones is 2. The van der Waals surface area contributed by atoms with Gasteiger partial charge < -0.3 is 11.5 Å². The number of rotatable bonds is 0. The maximum Gasteiger partial charge on any atom is 0.234 e. The number of benzene rings is 10. The first-order chi connectivity index (χ1) is 39.0. The monoisotopic (exact) mass is 1290 g/mol. The standard InChI is InChI=1S/C35H22Br2N2.C29H20O2.C6H6Br2N2/c36-28-18-19-29(37)35-34(28)38-32-25-13-5-3-11-23(25)31(24-12-4-6-14-26(24)33(32)39-35)27-15-7-9-21-17-16-20-8-1-2-10-22(20)30(21)27;30-28-23-13-5-3-11-21(23)27(22-12-4-6-14-24(22)29(28)31)25-15-7-9-19-17-16-18-8-1-2-10-20(18)26(19)25;7-3-1-2-4(8)6(10)5(3)9/h1-6,8,10-14,16-19H,7,9,15H2;1-6,8,10-14,16-17H,7,9,15H2;1-2H,9-10H2. The van der Waals surface area contributed by atoms with Gasteiger partial charge in [0.25, 0.3) is 0 Å². The molecule has 0 fully saturated rings. The van der Waals surface area contributed by atoms with Crippen LogP contribution < -0.4 is 11.5 Å². The lowest BCUT2D eigenvalue weighted by atomic mass is 9.78. The number of nitrogens with two attached hydrogens (primary N) is 2. The topological polar surface area (TPSA) is 112 Å². The highest BCUT2D eigenvalue weighted by molar-refractivity contribution is 9.11. The molecule has 0 radical (unpaired) electrons. The van der Waals surface area contributed by atoms with E-state index in [-0.39, 0.29) is 0 Å². The predicted octanol–water partition coefficient (Wildman–Crippen LogP) is 19.1. The second-order valence-corrected chi connectivity index (χ2v) is 23.8. The molecule has 0 bridgehead atoms. The van der Waals surface area contributed by atoms with E-state index in [0.29, 0.717) is 22.5 Å². The van der Waals surface area contributed by atoms with E-state index in [1.807, 2.05) is 60.7 Å². The van der Waals surface area contributed by atoms with Crippen LogP contribution in [0.15, 0.2) is 212 Å². The maximum absolute atomic E-state index is 13.1. The van der Waals surface area contributed by atoms with Gasteiger partial charge in [-0.15, -0.1) is 0 Å². The molecular formula is C70H48Br4N4O2. The number of nitrogen functional groups attached to an aromatic ring is 2. The molecule has 4 aliphatic carbocycles. The van der Waals surface area contributed by atoms with Gasteiger partial charge in [0.2, 0.25) is 11.6 Å². The fraction of sp³-hybridized carbons (Fsp3) is 0.0857. The molecule has 0 amide bonds. The largest absolute Gasteiger partial charge is 0.396 e. The van der Waals surface area contributed by atoms with Crippen LogP contribution in [0.1, 0.15) is 90.9 Å². The average molecular weight is 1300 g/mol. The highest BCUT2D eigenvalue weighted by atomic mass is 79.9. The molecule has 4 N–H and O–H groups in total. The van der Waals surface area contributed by atoms with Crippen LogP contribution >= 0.6 is 63.7 Å². The zero-order valence-corrected chi connectivity index (χ0v) is 49.4. The third-order valence-electron chi connectivity index (χ3n) is 15.9. The highest BCUT2D eigenvalue weighted by Crippen LogP contribution is 2.51. The van der Waals surface area contributed by atoms with Crippen molar-refractivity contribution in [2.24, 2.45) is 0 Å². The molecule has 0 saturated heterocycles. The van der Waals surface area contributed by atoms with Crippen molar-refractivity contribution in [3.63, 3.8) is 0 Å². The van der Waals surface area contributed by atoms with E-state index in [9.17, 15) is 9.59 Å². The Balaban J connectivity index is 0.000000131. The lowest BCUT2D eigenvalue weighted by Gasteiger charge is -2.26. The van der Waals surface area contributed by atoms with Gasteiger partial charge in [0.1, 0.15) is 11.0 Å². The van der Waals surface area contributed by atoms with E-state index in [0.717, 1.165) is 107 Å². The van der Waals surface area contributed by atoms with Crippen LogP contribution in [0.3, 0.4) is 0 Å². The number of fused-ring (bicyclic) bond motifs is 14. The summed E-state index contributed by atoms with van der Waals surface area (Å²) in [7, 11) is 0. The number of hydrogen-bond acceptors (Lipinski definition) is 6. The van der Waals surface area contributed by atoms with Crippen LogP contribution in [0, 0.1) is 0 Å². The molecule has 4 aliphatic rings. The van der Waals surface area contributed by atoms with Gasteiger partial charge in [0.05, 0.1) is 22.8 Å². The zero-order valence-electron chi connectivity index (χ0n) is 43.1. The molecule has 1 heterocycles. The number of aryl methyl sites for hydroxylation is 2. The van der Waals surface area contributed by atoms with E-state index < -0.39 is 11.6 Å². The number of halogens is 4. The smallest absolute Gasteiger partial charge is 0.234 e. The number of nitrogens with zero attached hydrogens (tertiary/aromatic N) is 2. The fourth-order valence-corrected chi connectivity index (χ4v) is 13.8. The first-order valence-corrected chi connectivity index (χ1v) is 29.8. The summed E-state index contributed by atoms with van der Waals surface area (Å²) in [4.78, 5) is 36.8. The zero-order chi connectivity index (χ0) is 54.8. The Kier molecular flexibility index (Phi) is 13.9. The van der Waals surface area contributed by atoms with Crippen LogP contribution in [0.4, 0.5) is 11.4 Å². The van der Waals surface area contributed by atoms with E-state index in [1.54, 1.807) is 12.1 Å². The number of aromatic nitrogens is 2. The van der Waals surface area contributed by atoms with Gasteiger partial charge in [0.15, 0.2) is 0 Å². The summed E-state index contributed by atoms with van der Waals surface area (Å²) in [6.07, 6.45) is 6.30. The Morgan fingerprint density at radius 2 is 0.662 bits per heavy atom. The fourth-order valence-electron chi connectivity index (χ4n) is 12.3. The van der Waals surface area contributed by atoms with Crippen molar-refractivity contribution in [3.05, 3.63) is 268 Å². The first kappa shape index (κ1) is 51.8. The molecule has 15 rings (SSSR count). The van der Waals surface area contributed by atoms with Crippen molar-refractivity contribution in [1.82, 2.24) is 9.97 Å². The van der Waals surface area contributed by atoms with Crippen molar-refractivity contribution < 1.29 is 9.59 Å². The molecule has 0 unspecified atom stereocenters. The number of Topliss-reactive ketones (excluding diaryl/α,β-unsaturated/α-hetero) is 2. The summed E-state index contributed by atoms with van der Waals surface area (Å²) < 4.78 is 3.54. The van der Waals surface area contributed by atoms with Crippen molar-refractivity contribution in [2.75, 3.05) is 11.5 Å². The van der Waals surface area contributed by atoms with Crippen molar-refractivity contribution >= 4 is 142 Å². The van der Waals surface area contributed by atoms with E-state index >= 15 is 0 Å². The molecule has 11 aromatic rings. The summed E-state index contributed by atoms with van der Waals surface area (Å²) >= 11 is 14.0. The number of anilines is 2. The minimum Gasteiger partial charge on any atom is -0.396 e. The minimum atomic E-state index is -0.424. The second kappa shape index (κ2) is 21.5. The van der Waals surface area contributed by atoms with Crippen LogP contribution in [0.5, 0.6) is 0 Å². The summed E-state index contributed by atoms with van der Waals surface area (Å²) in [6.45, 7) is 0. The van der Waals surface area contributed by atoms with Crippen molar-refractivity contribution in [3.8, 4) is 22.5 Å². The Hall–Kier alpha value is -7.60. The van der Waals surface area contributed by atoms with Gasteiger partial charge in [-0.25, -0.2) is 9.97 Å². The average Bonchev–Trinajstić information content (AvgIpc) is 3.70. The third-order valence-corrected chi connectivity index (χ3v) is 18.5. The summed E-state index contributed by atoms with van der Waals surface area (Å²) in [5, 5.41) is 5.07. The normalized spacial score (nSPS) is 14.0. The van der Waals surface area contributed by atoms with Crippen LogP contribution in [-0.4, -0.2) is 21.5 Å². The Morgan fingerprint density at radius 3 is 1.06 bits per heavy atom. The third kappa shape index (κ3) is 8.97. The lowest BCUT2D eigenvalue weighted by molar-refractivity contribution is 0.0817. The number of carbonyl (C=O) groups excluding carboxylic acids is 2. The Bertz CT molecular complexity index is 4320. The van der Waals surface area contributed by atoms with Gasteiger partial charge in [-0.2, -0.15) is 0 Å². The predicted molar refractivity (Wildman–Crippen MR) is 344 cm³/mol. The van der Waals surface area contributed by atoms with Crippen molar-refractivity contribution in [1.29, 1.82) is 0 Å². The van der Waals surface area contributed by atoms with Gasteiger partial charge in [-0.3, -0.25) is 9.59 Å². The van der Waals surface area contributed by atoms with E-state index in [2.05, 4.69) is 185 Å². The molecule has 388 valence electrons. The van der Waals surface area contributed by atoms with Crippen LogP contribution in [0.2, 0.25) is 0 Å². The Morgan fingerprint density at radius 1 is 0.338 bits per heavy atom. The highest BCUT2D eigenvalue weighted by Gasteiger charge is 2.34. The van der Waals surface area contributed by atoms with E-state index in [4.69, 9.17) is 21.4 Å². The minimum absolute atomic E-state index is 0.424. The number of hydrogen-bond donors (Lipinski definition) is 2. The molecular weight excluding hydrogens is 1250 g/mol. The van der Waals surface area contributed by atoms with Crippen molar-refractivity contribution in [2.45, 2.75) is 38.5 Å². The molecule has 10 heteroatoms. The number of carbonyl (C=O) groups is 2. The summed E-state index contributed by atoms with van der Waals surface area (Å²) in [5.41, 5.74) is 33.8. The molecule has 0 saturated carbocycles. The molecule has 1 aromatic heterocycles. The van der Waals surface area contributed by atoms with Gasteiger partial charge in [-0.05, 0) is 215 Å². The molecule has 0 atom stereocenters. The Labute approximate surface area is 497 Å². The molecule has 80 heavy (non-hydrogen) atoms. The molecule has 0 aliphatic heterocycles. The van der Waals surface area contributed by atoms with Gasteiger partial charge >= 0.3 is 0 Å². The van der Waals surface area contributed by atoms with Crippen LogP contribution in [0.25, 0.3) is 77.4 Å². The van der Waals surface area contributed by atoms with Crippen LogP contribution in [-0.2, 0) is 12.8 Å². The first-order valence-electron chi connectivity index (χ1n) is 26.7.